The number of ether oxygens (including phenoxy) is 2. The Morgan fingerprint density at radius 3 is 2.72 bits per heavy atom. The number of halogens is 1. The number of urea groups is 1. The molecule has 0 bridgehead atoms. The average molecular weight is 666 g/mol. The van der Waals surface area contributed by atoms with Gasteiger partial charge in [0, 0.05) is 34.6 Å². The zero-order valence-corrected chi connectivity index (χ0v) is 26.7. The van der Waals surface area contributed by atoms with Gasteiger partial charge < -0.3 is 14.8 Å². The number of rotatable bonds is 10. The van der Waals surface area contributed by atoms with Gasteiger partial charge in [-0.15, -0.1) is 4.28 Å². The number of benzene rings is 3. The number of amides is 3. The molecule has 12 nitrogen and oxygen atoms in total. The van der Waals surface area contributed by atoms with Crippen molar-refractivity contribution in [3.05, 3.63) is 94.8 Å². The van der Waals surface area contributed by atoms with Gasteiger partial charge in [0.25, 0.3) is 10.1 Å². The van der Waals surface area contributed by atoms with Gasteiger partial charge in [0.2, 0.25) is 0 Å². The van der Waals surface area contributed by atoms with Crippen LogP contribution in [-0.2, 0) is 25.7 Å². The number of carbonyl (C=O) groups excluding carboxylic acids is 2. The lowest BCUT2D eigenvalue weighted by Crippen LogP contribution is -2.37. The summed E-state index contributed by atoms with van der Waals surface area (Å²) in [4.78, 5) is 26.9. The second-order valence-corrected chi connectivity index (χ2v) is 13.2. The molecular formula is C32H32ClN5O7S. The Morgan fingerprint density at radius 2 is 1.89 bits per heavy atom. The third kappa shape index (κ3) is 7.27. The Bertz CT molecular complexity index is 1900. The Hall–Kier alpha value is -4.59. The van der Waals surface area contributed by atoms with Crippen LogP contribution in [0.15, 0.2) is 73.1 Å². The van der Waals surface area contributed by atoms with Crippen LogP contribution in [0.1, 0.15) is 29.0 Å². The minimum atomic E-state index is -3.83. The average Bonchev–Trinajstić information content (AvgIpc) is 3.67. The lowest BCUT2D eigenvalue weighted by atomic mass is 9.93. The van der Waals surface area contributed by atoms with E-state index in [1.54, 1.807) is 40.0 Å². The molecule has 1 aliphatic heterocycles. The molecule has 14 heteroatoms. The van der Waals surface area contributed by atoms with E-state index >= 15 is 0 Å². The predicted molar refractivity (Wildman–Crippen MR) is 173 cm³/mol. The molecule has 1 saturated carbocycles. The van der Waals surface area contributed by atoms with Crippen molar-refractivity contribution in [2.24, 2.45) is 5.92 Å². The maximum atomic E-state index is 13.2. The molecule has 1 aliphatic carbocycles. The lowest BCUT2D eigenvalue weighted by molar-refractivity contribution is 0.130. The standard InChI is InChI=1S/C32H32ClN5O7S/c1-20-27(33)9-5-11-29(20)43-12-13-44-32(40)38-19-22-15-26(22)30-25(8-4-10-28(30)38)23-16-34-37(18-23)17-21-6-3-7-24(14-21)35-31(39)36-45-46(2,41)42/h3-11,14,16,18,22,26H,12-13,15,17,19H2,1-2H3,(H2,35,36,39)/t22-,26-/m0/s1. The highest BCUT2D eigenvalue weighted by atomic mass is 35.5. The molecule has 3 aromatic carbocycles. The monoisotopic (exact) mass is 665 g/mol. The Kier molecular flexibility index (Phi) is 8.89. The third-order valence-electron chi connectivity index (χ3n) is 7.85. The van der Waals surface area contributed by atoms with E-state index in [1.165, 1.54) is 0 Å². The maximum Gasteiger partial charge on any atom is 0.414 e. The van der Waals surface area contributed by atoms with Crippen molar-refractivity contribution >= 4 is 45.2 Å². The number of carbonyl (C=O) groups is 2. The van der Waals surface area contributed by atoms with Crippen LogP contribution in [0, 0.1) is 12.8 Å². The fraction of sp³-hybridized carbons (Fsp3) is 0.281. The van der Waals surface area contributed by atoms with Crippen molar-refractivity contribution < 1.29 is 31.8 Å². The first-order valence-corrected chi connectivity index (χ1v) is 16.8. The first kappa shape index (κ1) is 31.4. The topological polar surface area (TPSA) is 141 Å². The fourth-order valence-electron chi connectivity index (χ4n) is 5.63. The minimum Gasteiger partial charge on any atom is -0.490 e. The molecule has 2 N–H and O–H groups in total. The van der Waals surface area contributed by atoms with Gasteiger partial charge in [0.15, 0.2) is 0 Å². The SMILES string of the molecule is Cc1c(Cl)cccc1OCCOC(=O)N1C[C@@H]2C[C@@H]2c2c(-c3cnn(Cc4cccc(NC(=O)NOS(C)(=O)=O)c4)c3)cccc21. The van der Waals surface area contributed by atoms with Crippen LogP contribution in [0.3, 0.4) is 0 Å². The molecule has 6 rings (SSSR count). The summed E-state index contributed by atoms with van der Waals surface area (Å²) < 4.78 is 39.7. The van der Waals surface area contributed by atoms with E-state index in [2.05, 4.69) is 14.7 Å². The fourth-order valence-corrected chi connectivity index (χ4v) is 6.03. The van der Waals surface area contributed by atoms with Crippen LogP contribution in [0.5, 0.6) is 5.75 Å². The van der Waals surface area contributed by atoms with E-state index in [1.807, 2.05) is 55.0 Å². The summed E-state index contributed by atoms with van der Waals surface area (Å²) in [5.74, 6) is 1.40. The molecule has 1 fully saturated rings. The number of fused-ring (bicyclic) bond motifs is 3. The van der Waals surface area contributed by atoms with Crippen LogP contribution >= 0.6 is 11.6 Å². The highest BCUT2D eigenvalue weighted by Crippen LogP contribution is 2.57. The molecule has 0 radical (unpaired) electrons. The molecule has 46 heavy (non-hydrogen) atoms. The van der Waals surface area contributed by atoms with E-state index in [9.17, 15) is 18.0 Å². The maximum absolute atomic E-state index is 13.2. The number of hydrogen-bond donors (Lipinski definition) is 2. The highest BCUT2D eigenvalue weighted by molar-refractivity contribution is 7.85. The number of hydrogen-bond acceptors (Lipinski definition) is 8. The summed E-state index contributed by atoms with van der Waals surface area (Å²) in [6, 6.07) is 17.7. The second-order valence-electron chi connectivity index (χ2n) is 11.2. The lowest BCUT2D eigenvalue weighted by Gasteiger charge is -2.29. The molecule has 0 spiro atoms. The van der Waals surface area contributed by atoms with E-state index in [-0.39, 0.29) is 13.2 Å². The van der Waals surface area contributed by atoms with E-state index in [4.69, 9.17) is 21.1 Å². The Labute approximate surface area is 271 Å². The molecule has 2 heterocycles. The first-order valence-electron chi connectivity index (χ1n) is 14.6. The normalized spacial score (nSPS) is 16.6. The molecule has 240 valence electrons. The Morgan fingerprint density at radius 1 is 1.09 bits per heavy atom. The zero-order valence-electron chi connectivity index (χ0n) is 25.1. The summed E-state index contributed by atoms with van der Waals surface area (Å²) in [5.41, 5.74) is 7.89. The first-order chi connectivity index (χ1) is 22.1. The molecular weight excluding hydrogens is 634 g/mol. The quantitative estimate of drug-likeness (QED) is 0.162. The molecule has 0 saturated heterocycles. The molecule has 3 amide bonds. The van der Waals surface area contributed by atoms with E-state index < -0.39 is 22.2 Å². The second kappa shape index (κ2) is 13.0. The van der Waals surface area contributed by atoms with E-state index in [0.717, 1.165) is 46.2 Å². The van der Waals surface area contributed by atoms with Gasteiger partial charge in [-0.2, -0.15) is 19.0 Å². The summed E-state index contributed by atoms with van der Waals surface area (Å²) >= 11 is 6.17. The van der Waals surface area contributed by atoms with Crippen molar-refractivity contribution in [1.29, 1.82) is 0 Å². The number of aromatic nitrogens is 2. The van der Waals surface area contributed by atoms with Crippen LogP contribution in [0.25, 0.3) is 11.1 Å². The number of anilines is 2. The summed E-state index contributed by atoms with van der Waals surface area (Å²) in [5, 5.41) is 7.72. The van der Waals surface area contributed by atoms with Crippen LogP contribution in [-0.4, -0.2) is 56.3 Å². The number of nitrogens with one attached hydrogen (secondary N) is 2. The van der Waals surface area contributed by atoms with Crippen molar-refractivity contribution in [3.8, 4) is 16.9 Å². The van der Waals surface area contributed by atoms with Gasteiger partial charge in [-0.25, -0.2) is 9.59 Å². The van der Waals surface area contributed by atoms with Crippen LogP contribution in [0.2, 0.25) is 5.02 Å². The number of hydroxylamine groups is 1. The highest BCUT2D eigenvalue weighted by Gasteiger charge is 2.48. The largest absolute Gasteiger partial charge is 0.490 e. The van der Waals surface area contributed by atoms with Gasteiger partial charge in [0.05, 0.1) is 24.7 Å². The summed E-state index contributed by atoms with van der Waals surface area (Å²) in [6.07, 6.45) is 5.18. The predicted octanol–water partition coefficient (Wildman–Crippen LogP) is 5.71. The van der Waals surface area contributed by atoms with Gasteiger partial charge in [-0.05, 0) is 72.2 Å². The van der Waals surface area contributed by atoms with Crippen molar-refractivity contribution in [2.75, 3.05) is 36.2 Å². The van der Waals surface area contributed by atoms with Gasteiger partial charge in [-0.3, -0.25) is 9.58 Å². The zero-order chi connectivity index (χ0) is 32.4. The minimum absolute atomic E-state index is 0.104. The van der Waals surface area contributed by atoms with Crippen molar-refractivity contribution in [2.45, 2.75) is 25.8 Å². The van der Waals surface area contributed by atoms with Gasteiger partial charge in [-0.1, -0.05) is 41.9 Å². The molecule has 4 aromatic rings. The van der Waals surface area contributed by atoms with Crippen molar-refractivity contribution in [1.82, 2.24) is 15.3 Å². The van der Waals surface area contributed by atoms with Crippen LogP contribution in [0.4, 0.5) is 21.0 Å². The number of nitrogens with zero attached hydrogens (tertiary/aromatic N) is 3. The summed E-state index contributed by atoms with van der Waals surface area (Å²) in [6.45, 7) is 3.22. The molecule has 0 unspecified atom stereocenters. The molecule has 2 aliphatic rings. The Balaban J connectivity index is 1.11. The smallest absolute Gasteiger partial charge is 0.414 e. The van der Waals surface area contributed by atoms with Gasteiger partial charge in [0.1, 0.15) is 19.0 Å². The summed E-state index contributed by atoms with van der Waals surface area (Å²) in [7, 11) is -3.83. The van der Waals surface area contributed by atoms with Gasteiger partial charge >= 0.3 is 12.1 Å². The third-order valence-corrected chi connectivity index (χ3v) is 8.64. The van der Waals surface area contributed by atoms with Crippen LogP contribution < -0.4 is 20.4 Å². The molecule has 2 atom stereocenters. The van der Waals surface area contributed by atoms with Crippen molar-refractivity contribution in [3.63, 3.8) is 0 Å². The molecule has 1 aromatic heterocycles. The van der Waals surface area contributed by atoms with E-state index in [0.29, 0.717) is 41.4 Å².